The van der Waals surface area contributed by atoms with Crippen LogP contribution in [0.4, 0.5) is 14.4 Å². The van der Waals surface area contributed by atoms with E-state index in [1.807, 2.05) is 27.7 Å². The Hall–Kier alpha value is -4.08. The lowest BCUT2D eigenvalue weighted by molar-refractivity contribution is -0.184. The van der Waals surface area contributed by atoms with Crippen LogP contribution in [0, 0.1) is 17.8 Å². The minimum Gasteiger partial charge on any atom is -0.444 e. The molecular formula is C41H72N8O8. The third-order valence-corrected chi connectivity index (χ3v) is 10.9. The van der Waals surface area contributed by atoms with Gasteiger partial charge in [0.05, 0.1) is 18.5 Å². The van der Waals surface area contributed by atoms with Gasteiger partial charge in [-0.2, -0.15) is 5.06 Å². The Balaban J connectivity index is 1.86. The van der Waals surface area contributed by atoms with Crippen molar-refractivity contribution in [1.29, 1.82) is 0 Å². The Morgan fingerprint density at radius 1 is 1.02 bits per heavy atom. The second kappa shape index (κ2) is 24.0. The van der Waals surface area contributed by atoms with Gasteiger partial charge in [-0.1, -0.05) is 65.7 Å². The molecule has 16 heteroatoms. The largest absolute Gasteiger partial charge is 0.444 e. The first-order valence-corrected chi connectivity index (χ1v) is 21.4. The highest BCUT2D eigenvalue weighted by Gasteiger charge is 2.38. The third kappa shape index (κ3) is 17.1. The molecule has 1 aromatic rings. The molecule has 16 nitrogen and oxygen atoms in total. The highest BCUT2D eigenvalue weighted by molar-refractivity contribution is 5.88. The zero-order valence-electron chi connectivity index (χ0n) is 35.6. The van der Waals surface area contributed by atoms with Crippen molar-refractivity contribution in [3.63, 3.8) is 0 Å². The number of hydrogen-bond acceptors (Lipinski definition) is 9. The van der Waals surface area contributed by atoms with E-state index in [-0.39, 0.29) is 49.8 Å². The molecule has 0 aromatic carbocycles. The number of carbonyl (C=O) groups excluding carboxylic acids is 5. The number of aliphatic hydroxyl groups is 1. The molecule has 2 heterocycles. The van der Waals surface area contributed by atoms with Crippen LogP contribution in [0.5, 0.6) is 0 Å². The average molecular weight is 805 g/mol. The Labute approximate surface area is 339 Å². The van der Waals surface area contributed by atoms with Gasteiger partial charge in [-0.15, -0.1) is 0 Å². The SMILES string of the molecule is CCCCCC(=O)N(OC(=O)N1CCC(NC(=O)OC(C)(C)C)CC1)C(Cc1cnc[nH]1)C(=O)N[C@@H](CC1CCCCC1)[C@@H](O)C[C@H](CNC(=O)NCC)C(C)C. The molecule has 324 valence electrons. The number of carbonyl (C=O) groups is 5. The van der Waals surface area contributed by atoms with Crippen molar-refractivity contribution in [2.75, 3.05) is 26.2 Å². The molecule has 1 aliphatic heterocycles. The van der Waals surface area contributed by atoms with Gasteiger partial charge in [-0.25, -0.2) is 19.4 Å². The number of aromatic nitrogens is 2. The number of hydroxylamine groups is 2. The lowest BCUT2D eigenvalue weighted by Gasteiger charge is -2.36. The van der Waals surface area contributed by atoms with E-state index in [2.05, 4.69) is 31.2 Å². The predicted octanol–water partition coefficient (Wildman–Crippen LogP) is 5.57. The smallest absolute Gasteiger partial charge is 0.434 e. The zero-order valence-corrected chi connectivity index (χ0v) is 35.6. The summed E-state index contributed by atoms with van der Waals surface area (Å²) in [6.07, 6.45) is 10.2. The van der Waals surface area contributed by atoms with E-state index in [9.17, 15) is 29.1 Å². The summed E-state index contributed by atoms with van der Waals surface area (Å²) in [7, 11) is 0. The fourth-order valence-electron chi connectivity index (χ4n) is 7.52. The number of H-pyrrole nitrogens is 1. The monoisotopic (exact) mass is 805 g/mol. The van der Waals surface area contributed by atoms with E-state index >= 15 is 0 Å². The van der Waals surface area contributed by atoms with E-state index in [0.717, 1.165) is 50.0 Å². The third-order valence-electron chi connectivity index (χ3n) is 10.9. The number of amides is 6. The number of nitrogens with zero attached hydrogens (tertiary/aromatic N) is 3. The molecule has 0 spiro atoms. The van der Waals surface area contributed by atoms with Gasteiger partial charge in [-0.3, -0.25) is 9.59 Å². The molecule has 2 fully saturated rings. The number of aromatic amines is 1. The first-order chi connectivity index (χ1) is 27.1. The van der Waals surface area contributed by atoms with Gasteiger partial charge in [0.1, 0.15) is 5.60 Å². The van der Waals surface area contributed by atoms with Crippen LogP contribution in [0.2, 0.25) is 0 Å². The van der Waals surface area contributed by atoms with Crippen molar-refractivity contribution in [1.82, 2.24) is 41.2 Å². The number of urea groups is 1. The maximum atomic E-state index is 14.6. The van der Waals surface area contributed by atoms with Crippen molar-refractivity contribution in [2.45, 2.75) is 168 Å². The fraction of sp³-hybridized carbons (Fsp3) is 0.805. The quantitative estimate of drug-likeness (QED) is 0.0763. The highest BCUT2D eigenvalue weighted by atomic mass is 16.7. The van der Waals surface area contributed by atoms with E-state index < -0.39 is 47.8 Å². The molecule has 4 atom stereocenters. The van der Waals surface area contributed by atoms with Gasteiger partial charge < -0.3 is 45.8 Å². The first-order valence-electron chi connectivity index (χ1n) is 21.4. The average Bonchev–Trinajstić information content (AvgIpc) is 3.67. The van der Waals surface area contributed by atoms with E-state index in [0.29, 0.717) is 56.8 Å². The number of hydrogen-bond donors (Lipinski definition) is 6. The molecule has 57 heavy (non-hydrogen) atoms. The summed E-state index contributed by atoms with van der Waals surface area (Å²) in [5.74, 6) is -0.695. The molecule has 6 amide bonds. The van der Waals surface area contributed by atoms with Crippen LogP contribution in [0.3, 0.4) is 0 Å². The molecule has 6 N–H and O–H groups in total. The number of imidazole rings is 1. The fourth-order valence-corrected chi connectivity index (χ4v) is 7.52. The minimum absolute atomic E-state index is 0.0160. The maximum Gasteiger partial charge on any atom is 0.434 e. The van der Waals surface area contributed by atoms with Crippen LogP contribution in [0.1, 0.15) is 138 Å². The van der Waals surface area contributed by atoms with Gasteiger partial charge in [0, 0.05) is 57.0 Å². The number of likely N-dealkylation sites (tertiary alicyclic amines) is 1. The van der Waals surface area contributed by atoms with E-state index in [1.54, 1.807) is 27.0 Å². The second-order valence-electron chi connectivity index (χ2n) is 17.1. The number of rotatable bonds is 19. The Morgan fingerprint density at radius 2 is 1.72 bits per heavy atom. The summed E-state index contributed by atoms with van der Waals surface area (Å²) in [4.78, 5) is 81.6. The highest BCUT2D eigenvalue weighted by Crippen LogP contribution is 2.30. The summed E-state index contributed by atoms with van der Waals surface area (Å²) in [6, 6.07) is -2.40. The maximum absolute atomic E-state index is 14.6. The predicted molar refractivity (Wildman–Crippen MR) is 217 cm³/mol. The normalized spacial score (nSPS) is 17.5. The molecule has 1 aromatic heterocycles. The van der Waals surface area contributed by atoms with Crippen LogP contribution >= 0.6 is 0 Å². The molecule has 1 saturated heterocycles. The molecule has 0 radical (unpaired) electrons. The van der Waals surface area contributed by atoms with Crippen molar-refractivity contribution in [2.24, 2.45) is 17.8 Å². The van der Waals surface area contributed by atoms with E-state index in [4.69, 9.17) is 9.57 Å². The number of aliphatic hydroxyl groups excluding tert-OH is 1. The van der Waals surface area contributed by atoms with Crippen molar-refractivity contribution >= 4 is 30.0 Å². The standard InChI is InChI=1S/C41H72N8O8/c1-8-10-12-17-36(51)49(57-40(55)48-20-18-31(19-21-48)46-39(54)56-41(5,6)7)34(24-32-26-42-27-45-32)37(52)47-33(22-29-15-13-11-14-16-29)35(50)23-30(28(3)4)25-44-38(53)43-9-2/h26-31,33-35,50H,8-25H2,1-7H3,(H,42,45)(H,46,54)(H,47,52)(H2,43,44,53)/t30-,33+,34?,35+/m1/s1. The summed E-state index contributed by atoms with van der Waals surface area (Å²) in [5, 5.41) is 24.5. The second-order valence-corrected chi connectivity index (χ2v) is 17.1. The van der Waals surface area contributed by atoms with Gasteiger partial charge in [0.25, 0.3) is 5.91 Å². The number of piperidine rings is 1. The number of ether oxygens (including phenoxy) is 1. The molecule has 2 aliphatic rings. The topological polar surface area (TPSA) is 207 Å². The minimum atomic E-state index is -1.27. The molecule has 1 unspecified atom stereocenters. The molecule has 1 saturated carbocycles. The van der Waals surface area contributed by atoms with Crippen LogP contribution in [0.15, 0.2) is 12.5 Å². The molecule has 0 bridgehead atoms. The number of unbranched alkanes of at least 4 members (excludes halogenated alkanes) is 2. The van der Waals surface area contributed by atoms with Gasteiger partial charge in [-0.05, 0) is 77.6 Å². The van der Waals surface area contributed by atoms with Crippen LogP contribution in [-0.2, 0) is 25.6 Å². The van der Waals surface area contributed by atoms with Crippen molar-refractivity contribution in [3.8, 4) is 0 Å². The summed E-state index contributed by atoms with van der Waals surface area (Å²) < 4.78 is 5.39. The Morgan fingerprint density at radius 3 is 2.32 bits per heavy atom. The van der Waals surface area contributed by atoms with Crippen molar-refractivity contribution in [3.05, 3.63) is 18.2 Å². The Kier molecular flexibility index (Phi) is 19.9. The number of nitrogens with one attached hydrogen (secondary N) is 5. The first kappa shape index (κ1) is 47.3. The van der Waals surface area contributed by atoms with Crippen molar-refractivity contribution < 1.29 is 38.7 Å². The summed E-state index contributed by atoms with van der Waals surface area (Å²) in [5.41, 5.74) is -0.0804. The van der Waals surface area contributed by atoms with Gasteiger partial charge in [0.2, 0.25) is 5.91 Å². The van der Waals surface area contributed by atoms with E-state index in [1.165, 1.54) is 11.2 Å². The van der Waals surface area contributed by atoms with Crippen LogP contribution in [-0.4, -0.2) is 111 Å². The summed E-state index contributed by atoms with van der Waals surface area (Å²) in [6.45, 7) is 14.7. The zero-order chi connectivity index (χ0) is 42.0. The lowest BCUT2D eigenvalue weighted by Crippen LogP contribution is -2.57. The number of alkyl carbamates (subject to hydrolysis) is 1. The molecule has 1 aliphatic carbocycles. The Bertz CT molecular complexity index is 1370. The summed E-state index contributed by atoms with van der Waals surface area (Å²) >= 11 is 0. The van der Waals surface area contributed by atoms with Crippen LogP contribution in [0.25, 0.3) is 0 Å². The molecule has 3 rings (SSSR count). The molecular weight excluding hydrogens is 732 g/mol. The lowest BCUT2D eigenvalue weighted by atomic mass is 9.81. The van der Waals surface area contributed by atoms with Gasteiger partial charge in [0.15, 0.2) is 6.04 Å². The van der Waals surface area contributed by atoms with Crippen LogP contribution < -0.4 is 21.3 Å². The van der Waals surface area contributed by atoms with Gasteiger partial charge >= 0.3 is 18.2 Å².